The van der Waals surface area contributed by atoms with Crippen LogP contribution < -0.4 is 5.32 Å². The predicted octanol–water partition coefficient (Wildman–Crippen LogP) is 2.93. The molecular formula is C14H14F3NO3. The minimum absolute atomic E-state index is 0.159. The van der Waals surface area contributed by atoms with E-state index in [0.29, 0.717) is 31.4 Å². The molecule has 1 aliphatic rings. The normalized spacial score (nSPS) is 21.9. The Morgan fingerprint density at radius 2 is 1.67 bits per heavy atom. The standard InChI is InChI=1S/C14H14F3NO3/c15-9-5-11(17)12(6-10(9)16)18-13(19)7-2-1-3-8(4-7)14(20)21/h5-8H,1-4H2,(H,18,19)(H,20,21). The maximum absolute atomic E-state index is 13.4. The Bertz CT molecular complexity index is 577. The summed E-state index contributed by atoms with van der Waals surface area (Å²) in [6, 6.07) is 0.923. The Morgan fingerprint density at radius 3 is 2.33 bits per heavy atom. The highest BCUT2D eigenvalue weighted by molar-refractivity contribution is 5.93. The molecular weight excluding hydrogens is 287 g/mol. The van der Waals surface area contributed by atoms with E-state index in [0.717, 1.165) is 0 Å². The third-order valence-corrected chi connectivity index (χ3v) is 3.66. The van der Waals surface area contributed by atoms with E-state index in [1.165, 1.54) is 0 Å². The Morgan fingerprint density at radius 1 is 1.05 bits per heavy atom. The van der Waals surface area contributed by atoms with Gasteiger partial charge in [-0.1, -0.05) is 6.42 Å². The fourth-order valence-corrected chi connectivity index (χ4v) is 2.51. The van der Waals surface area contributed by atoms with E-state index in [9.17, 15) is 22.8 Å². The number of amides is 1. The molecule has 1 aromatic rings. The lowest BCUT2D eigenvalue weighted by molar-refractivity contribution is -0.143. The van der Waals surface area contributed by atoms with Gasteiger partial charge in [-0.3, -0.25) is 9.59 Å². The second-order valence-corrected chi connectivity index (χ2v) is 5.13. The molecule has 114 valence electrons. The predicted molar refractivity (Wildman–Crippen MR) is 68.0 cm³/mol. The number of carboxylic acid groups (broad SMARTS) is 1. The molecule has 1 fully saturated rings. The number of halogens is 3. The number of anilines is 1. The highest BCUT2D eigenvalue weighted by Crippen LogP contribution is 2.30. The fraction of sp³-hybridized carbons (Fsp3) is 0.429. The average Bonchev–Trinajstić information content (AvgIpc) is 2.44. The summed E-state index contributed by atoms with van der Waals surface area (Å²) in [6.07, 6.45) is 1.72. The molecule has 2 rings (SSSR count). The summed E-state index contributed by atoms with van der Waals surface area (Å²) in [5, 5.41) is 11.1. The Hall–Kier alpha value is -2.05. The molecule has 0 radical (unpaired) electrons. The van der Waals surface area contributed by atoms with Crippen molar-refractivity contribution in [3.63, 3.8) is 0 Å². The van der Waals surface area contributed by atoms with Crippen LogP contribution in [0.1, 0.15) is 25.7 Å². The van der Waals surface area contributed by atoms with Gasteiger partial charge in [-0.25, -0.2) is 13.2 Å². The van der Waals surface area contributed by atoms with E-state index < -0.39 is 46.9 Å². The first kappa shape index (κ1) is 15.3. The van der Waals surface area contributed by atoms with Crippen molar-refractivity contribution in [1.82, 2.24) is 0 Å². The van der Waals surface area contributed by atoms with Gasteiger partial charge >= 0.3 is 5.97 Å². The van der Waals surface area contributed by atoms with Gasteiger partial charge in [0, 0.05) is 18.1 Å². The van der Waals surface area contributed by atoms with Gasteiger partial charge in [0.2, 0.25) is 5.91 Å². The Kier molecular flexibility index (Phi) is 4.50. The summed E-state index contributed by atoms with van der Waals surface area (Å²) < 4.78 is 39.3. The molecule has 1 aliphatic carbocycles. The zero-order valence-corrected chi connectivity index (χ0v) is 11.0. The van der Waals surface area contributed by atoms with E-state index >= 15 is 0 Å². The highest BCUT2D eigenvalue weighted by atomic mass is 19.2. The minimum Gasteiger partial charge on any atom is -0.481 e. The van der Waals surface area contributed by atoms with Crippen LogP contribution in [0.25, 0.3) is 0 Å². The van der Waals surface area contributed by atoms with E-state index in [-0.39, 0.29) is 6.42 Å². The van der Waals surface area contributed by atoms with Crippen molar-refractivity contribution in [3.05, 3.63) is 29.6 Å². The van der Waals surface area contributed by atoms with Crippen LogP contribution in [0.2, 0.25) is 0 Å². The number of carboxylic acids is 1. The molecule has 4 nitrogen and oxygen atoms in total. The van der Waals surface area contributed by atoms with Gasteiger partial charge in [-0.15, -0.1) is 0 Å². The Labute approximate surface area is 119 Å². The quantitative estimate of drug-likeness (QED) is 0.844. The van der Waals surface area contributed by atoms with E-state index in [1.54, 1.807) is 0 Å². The number of hydrogen-bond acceptors (Lipinski definition) is 2. The summed E-state index contributed by atoms with van der Waals surface area (Å²) in [7, 11) is 0. The molecule has 0 aromatic heterocycles. The summed E-state index contributed by atoms with van der Waals surface area (Å²) in [4.78, 5) is 22.9. The molecule has 1 saturated carbocycles. The summed E-state index contributed by atoms with van der Waals surface area (Å²) in [5.41, 5.74) is -0.448. The third kappa shape index (κ3) is 3.53. The molecule has 7 heteroatoms. The maximum Gasteiger partial charge on any atom is 0.306 e. The van der Waals surface area contributed by atoms with Gasteiger partial charge in [-0.05, 0) is 19.3 Å². The molecule has 1 amide bonds. The number of carbonyl (C=O) groups excluding carboxylic acids is 1. The number of rotatable bonds is 3. The van der Waals surface area contributed by atoms with E-state index in [1.807, 2.05) is 0 Å². The highest BCUT2D eigenvalue weighted by Gasteiger charge is 2.31. The van der Waals surface area contributed by atoms with Crippen molar-refractivity contribution in [3.8, 4) is 0 Å². The monoisotopic (exact) mass is 301 g/mol. The van der Waals surface area contributed by atoms with Crippen LogP contribution in [-0.2, 0) is 9.59 Å². The Balaban J connectivity index is 2.07. The van der Waals surface area contributed by atoms with Crippen molar-refractivity contribution in [1.29, 1.82) is 0 Å². The van der Waals surface area contributed by atoms with Gasteiger partial charge in [0.1, 0.15) is 5.82 Å². The number of aliphatic carboxylic acids is 1. The van der Waals surface area contributed by atoms with Crippen LogP contribution in [0.4, 0.5) is 18.9 Å². The van der Waals surface area contributed by atoms with Crippen molar-refractivity contribution >= 4 is 17.6 Å². The summed E-state index contributed by atoms with van der Waals surface area (Å²) >= 11 is 0. The van der Waals surface area contributed by atoms with Gasteiger partial charge in [-0.2, -0.15) is 0 Å². The molecule has 0 saturated heterocycles. The lowest BCUT2D eigenvalue weighted by atomic mass is 9.81. The molecule has 0 spiro atoms. The van der Waals surface area contributed by atoms with Crippen LogP contribution in [0.3, 0.4) is 0 Å². The number of benzene rings is 1. The molecule has 0 bridgehead atoms. The van der Waals surface area contributed by atoms with E-state index in [4.69, 9.17) is 5.11 Å². The number of hydrogen-bond donors (Lipinski definition) is 2. The summed E-state index contributed by atoms with van der Waals surface area (Å²) in [6.45, 7) is 0. The van der Waals surface area contributed by atoms with Gasteiger partial charge in [0.05, 0.1) is 11.6 Å². The molecule has 1 aromatic carbocycles. The van der Waals surface area contributed by atoms with Gasteiger partial charge in [0.15, 0.2) is 11.6 Å². The largest absolute Gasteiger partial charge is 0.481 e. The topological polar surface area (TPSA) is 66.4 Å². The second kappa shape index (κ2) is 6.15. The molecule has 0 aliphatic heterocycles. The first-order valence-corrected chi connectivity index (χ1v) is 6.56. The molecule has 2 unspecified atom stereocenters. The van der Waals surface area contributed by atoms with Crippen LogP contribution in [0, 0.1) is 29.3 Å². The van der Waals surface area contributed by atoms with Crippen molar-refractivity contribution < 1.29 is 27.9 Å². The van der Waals surface area contributed by atoms with Crippen LogP contribution in [0.15, 0.2) is 12.1 Å². The second-order valence-electron chi connectivity index (χ2n) is 5.13. The molecule has 2 atom stereocenters. The maximum atomic E-state index is 13.4. The number of carbonyl (C=O) groups is 2. The zero-order chi connectivity index (χ0) is 15.6. The fourth-order valence-electron chi connectivity index (χ4n) is 2.51. The van der Waals surface area contributed by atoms with Crippen molar-refractivity contribution in [2.45, 2.75) is 25.7 Å². The molecule has 2 N–H and O–H groups in total. The van der Waals surface area contributed by atoms with Crippen LogP contribution in [-0.4, -0.2) is 17.0 Å². The van der Waals surface area contributed by atoms with Crippen LogP contribution >= 0.6 is 0 Å². The average molecular weight is 301 g/mol. The lowest BCUT2D eigenvalue weighted by Gasteiger charge is -2.25. The van der Waals surface area contributed by atoms with Crippen molar-refractivity contribution in [2.24, 2.45) is 11.8 Å². The SMILES string of the molecule is O=C(O)C1CCCC(C(=O)Nc2cc(F)c(F)cc2F)C1. The minimum atomic E-state index is -1.34. The van der Waals surface area contributed by atoms with E-state index in [2.05, 4.69) is 5.32 Å². The zero-order valence-electron chi connectivity index (χ0n) is 11.0. The first-order valence-electron chi connectivity index (χ1n) is 6.56. The summed E-state index contributed by atoms with van der Waals surface area (Å²) in [5.74, 6) is -6.41. The smallest absolute Gasteiger partial charge is 0.306 e. The lowest BCUT2D eigenvalue weighted by Crippen LogP contribution is -2.31. The van der Waals surface area contributed by atoms with Crippen LogP contribution in [0.5, 0.6) is 0 Å². The third-order valence-electron chi connectivity index (χ3n) is 3.66. The molecule has 21 heavy (non-hydrogen) atoms. The van der Waals surface area contributed by atoms with Gasteiger partial charge in [0.25, 0.3) is 0 Å². The van der Waals surface area contributed by atoms with Gasteiger partial charge < -0.3 is 10.4 Å². The molecule has 0 heterocycles. The number of nitrogens with one attached hydrogen (secondary N) is 1. The first-order chi connectivity index (χ1) is 9.88. The van der Waals surface area contributed by atoms with Crippen molar-refractivity contribution in [2.75, 3.05) is 5.32 Å².